The minimum atomic E-state index is 0.0441. The molecule has 0 aromatic heterocycles. The highest BCUT2D eigenvalue weighted by Crippen LogP contribution is 2.41. The van der Waals surface area contributed by atoms with Crippen LogP contribution in [-0.2, 0) is 5.41 Å². The Morgan fingerprint density at radius 2 is 2.07 bits per heavy atom. The Labute approximate surface area is 91.0 Å². The van der Waals surface area contributed by atoms with Gasteiger partial charge >= 0.3 is 0 Å². The summed E-state index contributed by atoms with van der Waals surface area (Å²) in [7, 11) is 0. The van der Waals surface area contributed by atoms with Gasteiger partial charge in [-0.1, -0.05) is 13.8 Å². The summed E-state index contributed by atoms with van der Waals surface area (Å²) in [5.41, 5.74) is 3.57. The molecule has 80 valence electrons. The van der Waals surface area contributed by atoms with Crippen LogP contribution in [0.2, 0.25) is 0 Å². The topological polar surface area (TPSA) is 21.6 Å². The molecular formula is C13H17NO. The summed E-state index contributed by atoms with van der Waals surface area (Å²) < 4.78 is 5.51. The number of nitrogens with zero attached hydrogens (tertiary/aromatic N) is 1. The highest BCUT2D eigenvalue weighted by atomic mass is 16.5. The maximum Gasteiger partial charge on any atom is 0.119 e. The Hall–Kier alpha value is -1.31. The van der Waals surface area contributed by atoms with E-state index in [0.29, 0.717) is 6.61 Å². The van der Waals surface area contributed by atoms with Crippen LogP contribution in [0, 0.1) is 0 Å². The molecule has 1 aromatic rings. The zero-order valence-electron chi connectivity index (χ0n) is 9.79. The molecule has 2 heteroatoms. The SMILES string of the molecule is CCOc1ccc2c(c1)C(C)(C)C(C)=N2. The van der Waals surface area contributed by atoms with Crippen molar-refractivity contribution >= 4 is 11.4 Å². The highest BCUT2D eigenvalue weighted by molar-refractivity contribution is 5.99. The minimum Gasteiger partial charge on any atom is -0.494 e. The van der Waals surface area contributed by atoms with Crippen molar-refractivity contribution in [3.8, 4) is 5.75 Å². The smallest absolute Gasteiger partial charge is 0.119 e. The van der Waals surface area contributed by atoms with Crippen molar-refractivity contribution in [2.24, 2.45) is 4.99 Å². The third-order valence-corrected chi connectivity index (χ3v) is 3.15. The van der Waals surface area contributed by atoms with Crippen LogP contribution in [-0.4, -0.2) is 12.3 Å². The van der Waals surface area contributed by atoms with Gasteiger partial charge in [0.25, 0.3) is 0 Å². The zero-order chi connectivity index (χ0) is 11.1. The molecule has 0 aliphatic carbocycles. The molecule has 0 saturated carbocycles. The van der Waals surface area contributed by atoms with Crippen LogP contribution in [0.25, 0.3) is 0 Å². The van der Waals surface area contributed by atoms with Crippen LogP contribution in [0.3, 0.4) is 0 Å². The molecule has 1 aromatic carbocycles. The Balaban J connectivity index is 2.46. The molecule has 0 amide bonds. The predicted octanol–water partition coefficient (Wildman–Crippen LogP) is 3.47. The molecule has 15 heavy (non-hydrogen) atoms. The Bertz CT molecular complexity index is 419. The maximum atomic E-state index is 5.51. The van der Waals surface area contributed by atoms with E-state index in [0.717, 1.165) is 11.4 Å². The number of rotatable bonds is 2. The van der Waals surface area contributed by atoms with Gasteiger partial charge in [0.15, 0.2) is 0 Å². The summed E-state index contributed by atoms with van der Waals surface area (Å²) in [4.78, 5) is 4.57. The van der Waals surface area contributed by atoms with Crippen molar-refractivity contribution < 1.29 is 4.74 Å². The molecule has 0 fully saturated rings. The molecule has 1 heterocycles. The quantitative estimate of drug-likeness (QED) is 0.721. The Kier molecular flexibility index (Phi) is 2.29. The molecule has 0 bridgehead atoms. The second kappa shape index (κ2) is 3.37. The first-order chi connectivity index (χ1) is 7.05. The van der Waals surface area contributed by atoms with Gasteiger partial charge in [0.05, 0.1) is 12.3 Å². The lowest BCUT2D eigenvalue weighted by atomic mass is 9.82. The minimum absolute atomic E-state index is 0.0441. The van der Waals surface area contributed by atoms with Crippen molar-refractivity contribution in [1.29, 1.82) is 0 Å². The number of aliphatic imine (C=N–C) groups is 1. The van der Waals surface area contributed by atoms with Gasteiger partial charge in [-0.3, -0.25) is 4.99 Å². The number of ether oxygens (including phenoxy) is 1. The van der Waals surface area contributed by atoms with Gasteiger partial charge < -0.3 is 4.74 Å². The second-order valence-corrected chi connectivity index (χ2v) is 4.43. The first-order valence-corrected chi connectivity index (χ1v) is 5.39. The summed E-state index contributed by atoms with van der Waals surface area (Å²) in [6.07, 6.45) is 0. The van der Waals surface area contributed by atoms with Crippen molar-refractivity contribution in [3.05, 3.63) is 23.8 Å². The van der Waals surface area contributed by atoms with E-state index in [4.69, 9.17) is 4.74 Å². The standard InChI is InChI=1S/C13H17NO/c1-5-15-10-6-7-12-11(8-10)13(3,4)9(2)14-12/h6-8H,5H2,1-4H3. The third-order valence-electron chi connectivity index (χ3n) is 3.15. The summed E-state index contributed by atoms with van der Waals surface area (Å²) >= 11 is 0. The van der Waals surface area contributed by atoms with E-state index in [1.54, 1.807) is 0 Å². The van der Waals surface area contributed by atoms with Crippen LogP contribution in [0.4, 0.5) is 5.69 Å². The van der Waals surface area contributed by atoms with E-state index >= 15 is 0 Å². The molecule has 1 aliphatic heterocycles. The predicted molar refractivity (Wildman–Crippen MR) is 63.4 cm³/mol. The first-order valence-electron chi connectivity index (χ1n) is 5.39. The molecule has 2 nitrogen and oxygen atoms in total. The molecule has 0 radical (unpaired) electrons. The summed E-state index contributed by atoms with van der Waals surface area (Å²) in [5, 5.41) is 0. The van der Waals surface area contributed by atoms with Crippen molar-refractivity contribution in [3.63, 3.8) is 0 Å². The zero-order valence-corrected chi connectivity index (χ0v) is 9.79. The van der Waals surface area contributed by atoms with Crippen LogP contribution in [0.1, 0.15) is 33.3 Å². The van der Waals surface area contributed by atoms with Gasteiger partial charge in [-0.25, -0.2) is 0 Å². The van der Waals surface area contributed by atoms with Gasteiger partial charge in [0.2, 0.25) is 0 Å². The van der Waals surface area contributed by atoms with Gasteiger partial charge in [-0.2, -0.15) is 0 Å². The van der Waals surface area contributed by atoms with Crippen LogP contribution >= 0.6 is 0 Å². The summed E-state index contributed by atoms with van der Waals surface area (Å²) in [6.45, 7) is 9.19. The van der Waals surface area contributed by atoms with E-state index in [9.17, 15) is 0 Å². The monoisotopic (exact) mass is 203 g/mol. The van der Waals surface area contributed by atoms with E-state index < -0.39 is 0 Å². The largest absolute Gasteiger partial charge is 0.494 e. The lowest BCUT2D eigenvalue weighted by molar-refractivity contribution is 0.339. The molecule has 2 rings (SSSR count). The van der Waals surface area contributed by atoms with E-state index in [1.807, 2.05) is 19.1 Å². The van der Waals surface area contributed by atoms with Gasteiger partial charge in [0, 0.05) is 11.1 Å². The number of hydrogen-bond donors (Lipinski definition) is 0. The number of benzene rings is 1. The fourth-order valence-electron chi connectivity index (χ4n) is 1.89. The average Bonchev–Trinajstić information content (AvgIpc) is 2.40. The fourth-order valence-corrected chi connectivity index (χ4v) is 1.89. The van der Waals surface area contributed by atoms with Crippen molar-refractivity contribution in [1.82, 2.24) is 0 Å². The number of fused-ring (bicyclic) bond motifs is 1. The first kappa shape index (κ1) is 10.2. The van der Waals surface area contributed by atoms with Crippen LogP contribution < -0.4 is 4.74 Å². The van der Waals surface area contributed by atoms with E-state index in [2.05, 4.69) is 31.8 Å². The highest BCUT2D eigenvalue weighted by Gasteiger charge is 2.32. The van der Waals surface area contributed by atoms with Crippen LogP contribution in [0.15, 0.2) is 23.2 Å². The summed E-state index contributed by atoms with van der Waals surface area (Å²) in [5.74, 6) is 0.939. The molecule has 0 N–H and O–H groups in total. The van der Waals surface area contributed by atoms with E-state index in [-0.39, 0.29) is 5.41 Å². The van der Waals surface area contributed by atoms with Crippen molar-refractivity contribution in [2.45, 2.75) is 33.1 Å². The average molecular weight is 203 g/mol. The molecule has 0 atom stereocenters. The molecule has 0 saturated heterocycles. The lowest BCUT2D eigenvalue weighted by Crippen LogP contribution is -2.22. The van der Waals surface area contributed by atoms with Crippen molar-refractivity contribution in [2.75, 3.05) is 6.61 Å². The third kappa shape index (κ3) is 1.54. The van der Waals surface area contributed by atoms with E-state index in [1.165, 1.54) is 11.3 Å². The normalized spacial score (nSPS) is 17.2. The lowest BCUT2D eigenvalue weighted by Gasteiger charge is -2.20. The maximum absolute atomic E-state index is 5.51. The Morgan fingerprint density at radius 3 is 2.73 bits per heavy atom. The summed E-state index contributed by atoms with van der Waals surface area (Å²) in [6, 6.07) is 6.14. The molecule has 1 aliphatic rings. The molecule has 0 unspecified atom stereocenters. The second-order valence-electron chi connectivity index (χ2n) is 4.43. The van der Waals surface area contributed by atoms with Gasteiger partial charge in [-0.15, -0.1) is 0 Å². The molecular weight excluding hydrogens is 186 g/mol. The van der Waals surface area contributed by atoms with Gasteiger partial charge in [0.1, 0.15) is 5.75 Å². The number of hydrogen-bond acceptors (Lipinski definition) is 2. The molecule has 0 spiro atoms. The fraction of sp³-hybridized carbons (Fsp3) is 0.462. The van der Waals surface area contributed by atoms with Crippen LogP contribution in [0.5, 0.6) is 5.75 Å². The Morgan fingerprint density at radius 1 is 1.33 bits per heavy atom. The van der Waals surface area contributed by atoms with Gasteiger partial charge in [-0.05, 0) is 37.6 Å².